The summed E-state index contributed by atoms with van der Waals surface area (Å²) in [5, 5.41) is 4.49. The lowest BCUT2D eigenvalue weighted by Crippen LogP contribution is -1.98. The van der Waals surface area contributed by atoms with E-state index in [2.05, 4.69) is 46.5 Å². The molecule has 140 valence electrons. The van der Waals surface area contributed by atoms with Crippen molar-refractivity contribution in [1.82, 2.24) is 9.97 Å². The summed E-state index contributed by atoms with van der Waals surface area (Å²) < 4.78 is 5.94. The number of nitrogens with one attached hydrogen (secondary N) is 1. The molecule has 0 saturated carbocycles. The molecule has 2 aromatic heterocycles. The van der Waals surface area contributed by atoms with Crippen molar-refractivity contribution in [1.29, 1.82) is 0 Å². The Morgan fingerprint density at radius 3 is 2.68 bits per heavy atom. The highest BCUT2D eigenvalue weighted by Gasteiger charge is 2.06. The topological polar surface area (TPSA) is 47.0 Å². The number of hydrogen-bond donors (Lipinski definition) is 1. The molecule has 0 amide bonds. The Labute approximate surface area is 165 Å². The average Bonchev–Trinajstić information content (AvgIpc) is 2.74. The molecular weight excluding hydrogens is 346 g/mol. The summed E-state index contributed by atoms with van der Waals surface area (Å²) in [5.41, 5.74) is 4.95. The quantitative estimate of drug-likeness (QED) is 0.440. The predicted octanol–water partition coefficient (Wildman–Crippen LogP) is 5.90. The van der Waals surface area contributed by atoms with Crippen LogP contribution in [0, 0.1) is 0 Å². The van der Waals surface area contributed by atoms with Crippen LogP contribution in [-0.2, 0) is 13.0 Å². The molecule has 0 atom stereocenters. The molecule has 0 aliphatic rings. The van der Waals surface area contributed by atoms with Gasteiger partial charge in [-0.15, -0.1) is 0 Å². The van der Waals surface area contributed by atoms with E-state index in [1.807, 2.05) is 48.5 Å². The fourth-order valence-corrected chi connectivity index (χ4v) is 3.13. The van der Waals surface area contributed by atoms with Crippen molar-refractivity contribution >= 4 is 22.4 Å². The van der Waals surface area contributed by atoms with Crippen LogP contribution >= 0.6 is 0 Å². The number of hydrogen-bond acceptors (Lipinski definition) is 4. The zero-order valence-electron chi connectivity index (χ0n) is 15.9. The van der Waals surface area contributed by atoms with E-state index in [1.165, 1.54) is 0 Å². The predicted molar refractivity (Wildman–Crippen MR) is 114 cm³/mol. The van der Waals surface area contributed by atoms with Gasteiger partial charge in [0.15, 0.2) is 5.65 Å². The minimum absolute atomic E-state index is 0.548. The summed E-state index contributed by atoms with van der Waals surface area (Å²) in [7, 11) is 0. The van der Waals surface area contributed by atoms with E-state index in [4.69, 9.17) is 4.74 Å². The Balaban J connectivity index is 1.52. The SMILES string of the molecule is CCCc1ccc2c(Nc3cccc(OCc4ccccc4)c3)ccnc2n1. The standard InChI is InChI=1S/C24H23N3O/c1-2-7-19-12-13-22-23(14-15-25-24(22)27-19)26-20-10-6-11-21(16-20)28-17-18-8-4-3-5-9-18/h3-6,8-16H,2,7,17H2,1H3,(H,25,26,27). The van der Waals surface area contributed by atoms with Gasteiger partial charge in [-0.05, 0) is 42.3 Å². The highest BCUT2D eigenvalue weighted by atomic mass is 16.5. The second kappa shape index (κ2) is 8.53. The highest BCUT2D eigenvalue weighted by Crippen LogP contribution is 2.27. The highest BCUT2D eigenvalue weighted by molar-refractivity contribution is 5.90. The first-order valence-corrected chi connectivity index (χ1v) is 9.60. The molecular formula is C24H23N3O. The summed E-state index contributed by atoms with van der Waals surface area (Å²) in [6.07, 6.45) is 3.84. The Morgan fingerprint density at radius 1 is 0.929 bits per heavy atom. The van der Waals surface area contributed by atoms with Crippen molar-refractivity contribution in [2.24, 2.45) is 0 Å². The molecule has 2 aromatic carbocycles. The molecule has 0 radical (unpaired) electrons. The molecule has 0 saturated heterocycles. The average molecular weight is 369 g/mol. The van der Waals surface area contributed by atoms with Gasteiger partial charge in [-0.25, -0.2) is 9.97 Å². The molecule has 0 aliphatic heterocycles. The summed E-state index contributed by atoms with van der Waals surface area (Å²) in [4.78, 5) is 9.10. The van der Waals surface area contributed by atoms with Gasteiger partial charge in [-0.3, -0.25) is 0 Å². The maximum atomic E-state index is 5.94. The zero-order valence-corrected chi connectivity index (χ0v) is 15.9. The van der Waals surface area contributed by atoms with Gasteiger partial charge >= 0.3 is 0 Å². The number of anilines is 2. The van der Waals surface area contributed by atoms with Gasteiger partial charge < -0.3 is 10.1 Å². The van der Waals surface area contributed by atoms with Crippen LogP contribution in [0.4, 0.5) is 11.4 Å². The largest absolute Gasteiger partial charge is 0.489 e. The molecule has 4 nitrogen and oxygen atoms in total. The van der Waals surface area contributed by atoms with Gasteiger partial charge in [0.2, 0.25) is 0 Å². The van der Waals surface area contributed by atoms with E-state index >= 15 is 0 Å². The lowest BCUT2D eigenvalue weighted by Gasteiger charge is -2.12. The van der Waals surface area contributed by atoms with Crippen LogP contribution < -0.4 is 10.1 Å². The van der Waals surface area contributed by atoms with Crippen LogP contribution in [-0.4, -0.2) is 9.97 Å². The number of nitrogens with zero attached hydrogens (tertiary/aromatic N) is 2. The molecule has 2 heterocycles. The number of aromatic nitrogens is 2. The third-order valence-electron chi connectivity index (χ3n) is 4.53. The van der Waals surface area contributed by atoms with Gasteiger partial charge in [-0.2, -0.15) is 0 Å². The second-order valence-corrected chi connectivity index (χ2v) is 6.71. The van der Waals surface area contributed by atoms with Crippen molar-refractivity contribution < 1.29 is 4.74 Å². The van der Waals surface area contributed by atoms with Gasteiger partial charge in [0.25, 0.3) is 0 Å². The minimum atomic E-state index is 0.548. The van der Waals surface area contributed by atoms with Crippen LogP contribution in [0.3, 0.4) is 0 Å². The summed E-state index contributed by atoms with van der Waals surface area (Å²) in [6, 6.07) is 24.3. The number of fused-ring (bicyclic) bond motifs is 1. The van der Waals surface area contributed by atoms with Crippen molar-refractivity contribution in [2.75, 3.05) is 5.32 Å². The third-order valence-corrected chi connectivity index (χ3v) is 4.53. The minimum Gasteiger partial charge on any atom is -0.489 e. The number of pyridine rings is 2. The van der Waals surface area contributed by atoms with Gasteiger partial charge in [-0.1, -0.05) is 49.7 Å². The Hall–Kier alpha value is -3.40. The Bertz CT molecular complexity index is 1060. The molecule has 0 unspecified atom stereocenters. The summed E-state index contributed by atoms with van der Waals surface area (Å²) in [6.45, 7) is 2.71. The van der Waals surface area contributed by atoms with E-state index in [9.17, 15) is 0 Å². The molecule has 0 spiro atoms. The van der Waals surface area contributed by atoms with Crippen LogP contribution in [0.1, 0.15) is 24.6 Å². The van der Waals surface area contributed by atoms with E-state index < -0.39 is 0 Å². The number of aryl methyl sites for hydroxylation is 1. The van der Waals surface area contributed by atoms with E-state index in [1.54, 1.807) is 6.20 Å². The van der Waals surface area contributed by atoms with E-state index in [0.29, 0.717) is 6.61 Å². The fraction of sp³-hybridized carbons (Fsp3) is 0.167. The fourth-order valence-electron chi connectivity index (χ4n) is 3.13. The molecule has 4 aromatic rings. The summed E-state index contributed by atoms with van der Waals surface area (Å²) in [5.74, 6) is 0.829. The van der Waals surface area contributed by atoms with Gasteiger partial charge in [0.1, 0.15) is 12.4 Å². The zero-order chi connectivity index (χ0) is 19.2. The van der Waals surface area contributed by atoms with Crippen molar-refractivity contribution in [3.8, 4) is 5.75 Å². The number of ether oxygens (including phenoxy) is 1. The molecule has 4 rings (SSSR count). The number of rotatable bonds is 7. The number of benzene rings is 2. The normalized spacial score (nSPS) is 10.8. The van der Waals surface area contributed by atoms with Gasteiger partial charge in [0.05, 0.1) is 5.69 Å². The monoisotopic (exact) mass is 369 g/mol. The van der Waals surface area contributed by atoms with E-state index in [-0.39, 0.29) is 0 Å². The van der Waals surface area contributed by atoms with Crippen LogP contribution in [0.25, 0.3) is 11.0 Å². The summed E-state index contributed by atoms with van der Waals surface area (Å²) >= 11 is 0. The Kier molecular flexibility index (Phi) is 5.48. The smallest absolute Gasteiger partial charge is 0.161 e. The molecule has 28 heavy (non-hydrogen) atoms. The second-order valence-electron chi connectivity index (χ2n) is 6.71. The van der Waals surface area contributed by atoms with Crippen LogP contribution in [0.5, 0.6) is 5.75 Å². The third kappa shape index (κ3) is 4.29. The Morgan fingerprint density at radius 2 is 1.82 bits per heavy atom. The van der Waals surface area contributed by atoms with Gasteiger partial charge in [0, 0.05) is 29.0 Å². The molecule has 0 aliphatic carbocycles. The first-order valence-electron chi connectivity index (χ1n) is 9.60. The lowest BCUT2D eigenvalue weighted by atomic mass is 10.2. The first-order chi connectivity index (χ1) is 13.8. The molecule has 1 N–H and O–H groups in total. The van der Waals surface area contributed by atoms with Crippen molar-refractivity contribution in [3.63, 3.8) is 0 Å². The molecule has 0 fully saturated rings. The van der Waals surface area contributed by atoms with E-state index in [0.717, 1.165) is 52.3 Å². The lowest BCUT2D eigenvalue weighted by molar-refractivity contribution is 0.306. The van der Waals surface area contributed by atoms with Crippen molar-refractivity contribution in [3.05, 3.63) is 90.3 Å². The molecule has 0 bridgehead atoms. The molecule has 4 heteroatoms. The maximum Gasteiger partial charge on any atom is 0.161 e. The van der Waals surface area contributed by atoms with Crippen molar-refractivity contribution in [2.45, 2.75) is 26.4 Å². The maximum absolute atomic E-state index is 5.94. The van der Waals surface area contributed by atoms with Crippen LogP contribution in [0.15, 0.2) is 79.0 Å². The first kappa shape index (κ1) is 18.0. The van der Waals surface area contributed by atoms with Crippen LogP contribution in [0.2, 0.25) is 0 Å².